The molecule has 0 atom stereocenters. The second-order valence-corrected chi connectivity index (χ2v) is 14.9. The zero-order chi connectivity index (χ0) is 21.4. The third-order valence-corrected chi connectivity index (χ3v) is 8.70. The van der Waals surface area contributed by atoms with Crippen molar-refractivity contribution < 1.29 is 0 Å². The van der Waals surface area contributed by atoms with Gasteiger partial charge in [-0.1, -0.05) is 86.4 Å². The zero-order valence-corrected chi connectivity index (χ0v) is 19.8. The van der Waals surface area contributed by atoms with Gasteiger partial charge in [-0.2, -0.15) is 0 Å². The molecule has 31 heavy (non-hydrogen) atoms. The van der Waals surface area contributed by atoms with Gasteiger partial charge in [-0.05, 0) is 28.9 Å². The Bertz CT molecular complexity index is 1340. The lowest BCUT2D eigenvalue weighted by atomic mass is 10.0. The molecular weight excluding hydrogens is 412 g/mol. The first-order chi connectivity index (χ1) is 15.0. The maximum absolute atomic E-state index is 5.01. The molecule has 152 valence electrons. The Balaban J connectivity index is 1.69. The van der Waals surface area contributed by atoms with Crippen LogP contribution in [-0.4, -0.2) is 18.0 Å². The number of fused-ring (bicyclic) bond motifs is 1. The summed E-state index contributed by atoms with van der Waals surface area (Å²) in [6.45, 7) is 7.05. The Labute approximate surface area is 188 Å². The van der Waals surface area contributed by atoms with Crippen LogP contribution >= 0.6 is 11.3 Å². The monoisotopic (exact) mass is 436 g/mol. The summed E-state index contributed by atoms with van der Waals surface area (Å²) in [5.41, 5.74) is 6.70. The number of thiazole rings is 1. The van der Waals surface area contributed by atoms with E-state index in [0.29, 0.717) is 0 Å². The highest BCUT2D eigenvalue weighted by molar-refractivity contribution is 7.22. The lowest BCUT2D eigenvalue weighted by Crippen LogP contribution is -2.37. The van der Waals surface area contributed by atoms with E-state index in [1.165, 1.54) is 21.0 Å². The molecule has 0 aliphatic rings. The third-order valence-electron chi connectivity index (χ3n) is 5.52. The van der Waals surface area contributed by atoms with Gasteiger partial charge >= 0.3 is 0 Å². The standard InChI is InChI=1S/C27H24N2SSi/c1-31(2,3)22-14-15-24(28-18-22)21-16-23(19-10-6-4-7-11-19)26-25(17-21)29-27(30-26)20-12-8-5-9-13-20/h4-18H,1-3H3. The lowest BCUT2D eigenvalue weighted by molar-refractivity contribution is 1.34. The Kier molecular flexibility index (Phi) is 5.04. The molecule has 0 aliphatic carbocycles. The van der Waals surface area contributed by atoms with Gasteiger partial charge in [-0.3, -0.25) is 4.98 Å². The molecule has 0 spiro atoms. The van der Waals surface area contributed by atoms with E-state index in [-0.39, 0.29) is 0 Å². The molecule has 4 heteroatoms. The van der Waals surface area contributed by atoms with Gasteiger partial charge in [0.2, 0.25) is 0 Å². The summed E-state index contributed by atoms with van der Waals surface area (Å²) >= 11 is 1.76. The van der Waals surface area contributed by atoms with Crippen molar-refractivity contribution in [3.63, 3.8) is 0 Å². The molecule has 2 aromatic heterocycles. The molecular formula is C27H24N2SSi. The van der Waals surface area contributed by atoms with Gasteiger partial charge in [0, 0.05) is 22.9 Å². The summed E-state index contributed by atoms with van der Waals surface area (Å²) in [5, 5.41) is 2.42. The van der Waals surface area contributed by atoms with Crippen LogP contribution in [0.5, 0.6) is 0 Å². The molecule has 0 N–H and O–H groups in total. The zero-order valence-electron chi connectivity index (χ0n) is 18.0. The number of hydrogen-bond acceptors (Lipinski definition) is 3. The van der Waals surface area contributed by atoms with Crippen molar-refractivity contribution in [3.05, 3.63) is 91.1 Å². The van der Waals surface area contributed by atoms with E-state index < -0.39 is 8.07 Å². The van der Waals surface area contributed by atoms with Gasteiger partial charge in [0.1, 0.15) is 5.01 Å². The number of aromatic nitrogens is 2. The van der Waals surface area contributed by atoms with Crippen molar-refractivity contribution in [2.24, 2.45) is 0 Å². The Morgan fingerprint density at radius 3 is 2.00 bits per heavy atom. The molecule has 3 aromatic carbocycles. The average molecular weight is 437 g/mol. The van der Waals surface area contributed by atoms with Crippen LogP contribution in [0.4, 0.5) is 0 Å². The summed E-state index contributed by atoms with van der Waals surface area (Å²) in [6.07, 6.45) is 2.06. The minimum atomic E-state index is -1.37. The molecule has 5 rings (SSSR count). The summed E-state index contributed by atoms with van der Waals surface area (Å²) in [4.78, 5) is 9.84. The summed E-state index contributed by atoms with van der Waals surface area (Å²) in [5.74, 6) is 0. The van der Waals surface area contributed by atoms with Crippen molar-refractivity contribution >= 4 is 34.8 Å². The van der Waals surface area contributed by atoms with E-state index in [4.69, 9.17) is 9.97 Å². The van der Waals surface area contributed by atoms with Crippen LogP contribution in [0.15, 0.2) is 91.1 Å². The van der Waals surface area contributed by atoms with Crippen LogP contribution in [0.25, 0.3) is 43.2 Å². The van der Waals surface area contributed by atoms with Crippen LogP contribution in [0.3, 0.4) is 0 Å². The van der Waals surface area contributed by atoms with Crippen molar-refractivity contribution in [3.8, 4) is 33.0 Å². The van der Waals surface area contributed by atoms with Gasteiger partial charge in [-0.15, -0.1) is 11.3 Å². The number of benzene rings is 3. The van der Waals surface area contributed by atoms with Gasteiger partial charge in [-0.25, -0.2) is 4.98 Å². The topological polar surface area (TPSA) is 25.8 Å². The summed E-state index contributed by atoms with van der Waals surface area (Å²) in [7, 11) is -1.37. The second-order valence-electron chi connectivity index (χ2n) is 8.81. The quantitative estimate of drug-likeness (QED) is 0.278. The molecule has 0 saturated carbocycles. The van der Waals surface area contributed by atoms with Gasteiger partial charge in [0.25, 0.3) is 0 Å². The number of pyridine rings is 1. The van der Waals surface area contributed by atoms with Crippen molar-refractivity contribution in [1.29, 1.82) is 0 Å². The highest BCUT2D eigenvalue weighted by atomic mass is 32.1. The molecule has 2 nitrogen and oxygen atoms in total. The minimum Gasteiger partial charge on any atom is -0.256 e. The second kappa shape index (κ2) is 7.87. The van der Waals surface area contributed by atoms with Crippen molar-refractivity contribution in [2.45, 2.75) is 19.6 Å². The van der Waals surface area contributed by atoms with E-state index in [0.717, 1.165) is 27.3 Å². The summed E-state index contributed by atoms with van der Waals surface area (Å²) < 4.78 is 1.22. The van der Waals surface area contributed by atoms with Gasteiger partial charge in [0.15, 0.2) is 0 Å². The molecule has 0 saturated heterocycles. The highest BCUT2D eigenvalue weighted by Gasteiger charge is 2.18. The van der Waals surface area contributed by atoms with Crippen LogP contribution < -0.4 is 5.19 Å². The normalized spacial score (nSPS) is 11.7. The van der Waals surface area contributed by atoms with E-state index >= 15 is 0 Å². The smallest absolute Gasteiger partial charge is 0.124 e. The SMILES string of the molecule is C[Si](C)(C)c1ccc(-c2cc(-c3ccccc3)c3sc(-c4ccccc4)nc3c2)nc1. The molecule has 0 aliphatic heterocycles. The molecule has 0 radical (unpaired) electrons. The fraction of sp³-hybridized carbons (Fsp3) is 0.111. The van der Waals surface area contributed by atoms with E-state index in [1.807, 2.05) is 6.07 Å². The third kappa shape index (κ3) is 3.97. The predicted octanol–water partition coefficient (Wildman–Crippen LogP) is 7.24. The lowest BCUT2D eigenvalue weighted by Gasteiger charge is -2.16. The fourth-order valence-electron chi connectivity index (χ4n) is 3.73. The summed E-state index contributed by atoms with van der Waals surface area (Å²) in [6, 6.07) is 29.8. The van der Waals surface area contributed by atoms with Crippen molar-refractivity contribution in [2.75, 3.05) is 0 Å². The van der Waals surface area contributed by atoms with Crippen LogP contribution in [0, 0.1) is 0 Å². The number of nitrogens with zero attached hydrogens (tertiary/aromatic N) is 2. The first-order valence-electron chi connectivity index (χ1n) is 10.5. The Morgan fingerprint density at radius 1 is 0.710 bits per heavy atom. The fourth-order valence-corrected chi connectivity index (χ4v) is 5.85. The molecule has 0 bridgehead atoms. The number of hydrogen-bond donors (Lipinski definition) is 0. The highest BCUT2D eigenvalue weighted by Crippen LogP contribution is 2.39. The minimum absolute atomic E-state index is 0.996. The first-order valence-corrected chi connectivity index (χ1v) is 14.8. The van der Waals surface area contributed by atoms with E-state index in [9.17, 15) is 0 Å². The molecule has 0 unspecified atom stereocenters. The Morgan fingerprint density at radius 2 is 1.39 bits per heavy atom. The first kappa shape index (κ1) is 19.9. The largest absolute Gasteiger partial charge is 0.256 e. The van der Waals surface area contributed by atoms with E-state index in [2.05, 4.69) is 105 Å². The van der Waals surface area contributed by atoms with Gasteiger partial charge < -0.3 is 0 Å². The van der Waals surface area contributed by atoms with Crippen LogP contribution in [0.2, 0.25) is 19.6 Å². The molecule has 0 fully saturated rings. The van der Waals surface area contributed by atoms with Gasteiger partial charge in [0.05, 0.1) is 24.0 Å². The molecule has 0 amide bonds. The maximum Gasteiger partial charge on any atom is 0.124 e. The maximum atomic E-state index is 5.01. The van der Waals surface area contributed by atoms with Crippen molar-refractivity contribution in [1.82, 2.24) is 9.97 Å². The predicted molar refractivity (Wildman–Crippen MR) is 137 cm³/mol. The van der Waals surface area contributed by atoms with Crippen LogP contribution in [-0.2, 0) is 0 Å². The Hall–Kier alpha value is -3.08. The molecule has 5 aromatic rings. The van der Waals surface area contributed by atoms with Crippen LogP contribution in [0.1, 0.15) is 0 Å². The molecule has 2 heterocycles. The number of rotatable bonds is 4. The van der Waals surface area contributed by atoms with E-state index in [1.54, 1.807) is 11.3 Å². The average Bonchev–Trinajstić information content (AvgIpc) is 3.23.